The number of carbonyl (C=O) groups is 1. The number of hydrogen-bond acceptors (Lipinski definition) is 4. The minimum absolute atomic E-state index is 0.272. The molecule has 2 aromatic rings. The molecule has 112 valence electrons. The van der Waals surface area contributed by atoms with Crippen molar-refractivity contribution in [1.29, 1.82) is 0 Å². The molecule has 1 unspecified atom stereocenters. The van der Waals surface area contributed by atoms with E-state index in [9.17, 15) is 9.00 Å². The van der Waals surface area contributed by atoms with Crippen LogP contribution in [0.2, 0.25) is 0 Å². The summed E-state index contributed by atoms with van der Waals surface area (Å²) in [4.78, 5) is 11.9. The molecule has 0 spiro atoms. The van der Waals surface area contributed by atoms with Gasteiger partial charge in [-0.25, -0.2) is 4.68 Å². The molecule has 1 atom stereocenters. The first-order valence-corrected chi connectivity index (χ1v) is 8.13. The fraction of sp³-hybridized carbons (Fsp3) is 0.286. The molecule has 21 heavy (non-hydrogen) atoms. The Morgan fingerprint density at radius 3 is 2.95 bits per heavy atom. The Bertz CT molecular complexity index is 654. The SMILES string of the molecule is CCS(=O)CCNC(=O)c1ccn(-c2cccc(N)c2)n1. The number of nitrogens with zero attached hydrogens (tertiary/aromatic N) is 2. The lowest BCUT2D eigenvalue weighted by molar-refractivity contribution is 0.0951. The van der Waals surface area contributed by atoms with Gasteiger partial charge < -0.3 is 11.1 Å². The predicted octanol–water partition coefficient (Wildman–Crippen LogP) is 0.953. The predicted molar refractivity (Wildman–Crippen MR) is 83.9 cm³/mol. The maximum Gasteiger partial charge on any atom is 0.271 e. The van der Waals surface area contributed by atoms with Gasteiger partial charge in [-0.2, -0.15) is 5.10 Å². The van der Waals surface area contributed by atoms with Crippen LogP contribution >= 0.6 is 0 Å². The summed E-state index contributed by atoms with van der Waals surface area (Å²) in [6.45, 7) is 2.23. The zero-order chi connectivity index (χ0) is 15.2. The van der Waals surface area contributed by atoms with Crippen molar-refractivity contribution < 1.29 is 9.00 Å². The van der Waals surface area contributed by atoms with Crippen LogP contribution in [0.4, 0.5) is 5.69 Å². The lowest BCUT2D eigenvalue weighted by Crippen LogP contribution is -2.28. The molecule has 3 N–H and O–H groups in total. The summed E-state index contributed by atoms with van der Waals surface area (Å²) in [6, 6.07) is 8.88. The van der Waals surface area contributed by atoms with Crippen LogP contribution in [-0.2, 0) is 10.8 Å². The zero-order valence-electron chi connectivity index (χ0n) is 11.8. The summed E-state index contributed by atoms with van der Waals surface area (Å²) >= 11 is 0. The summed E-state index contributed by atoms with van der Waals surface area (Å²) < 4.78 is 12.9. The van der Waals surface area contributed by atoms with Gasteiger partial charge in [-0.1, -0.05) is 13.0 Å². The van der Waals surface area contributed by atoms with Crippen molar-refractivity contribution in [1.82, 2.24) is 15.1 Å². The molecular formula is C14H18N4O2S. The molecule has 0 fully saturated rings. The number of hydrogen-bond donors (Lipinski definition) is 2. The Hall–Kier alpha value is -2.15. The average molecular weight is 306 g/mol. The molecule has 0 saturated carbocycles. The molecule has 0 aliphatic carbocycles. The quantitative estimate of drug-likeness (QED) is 0.778. The molecule has 1 amide bonds. The number of aromatic nitrogens is 2. The monoisotopic (exact) mass is 306 g/mol. The molecule has 0 saturated heterocycles. The van der Waals surface area contributed by atoms with Crippen molar-refractivity contribution in [3.63, 3.8) is 0 Å². The first-order valence-electron chi connectivity index (χ1n) is 6.65. The van der Waals surface area contributed by atoms with E-state index >= 15 is 0 Å². The second-order valence-corrected chi connectivity index (χ2v) is 6.29. The minimum atomic E-state index is -0.881. The summed E-state index contributed by atoms with van der Waals surface area (Å²) in [5.41, 5.74) is 7.47. The van der Waals surface area contributed by atoms with Crippen LogP contribution in [0, 0.1) is 0 Å². The van der Waals surface area contributed by atoms with Crippen molar-refractivity contribution >= 4 is 22.4 Å². The van der Waals surface area contributed by atoms with Crippen molar-refractivity contribution in [3.8, 4) is 5.69 Å². The molecule has 0 bridgehead atoms. The molecule has 0 aliphatic rings. The number of rotatable bonds is 6. The van der Waals surface area contributed by atoms with Gasteiger partial charge in [-0.05, 0) is 24.3 Å². The van der Waals surface area contributed by atoms with E-state index in [2.05, 4.69) is 10.4 Å². The smallest absolute Gasteiger partial charge is 0.271 e. The Labute approximate surface area is 125 Å². The van der Waals surface area contributed by atoms with E-state index in [0.717, 1.165) is 5.69 Å². The van der Waals surface area contributed by atoms with Crippen LogP contribution in [-0.4, -0.2) is 37.9 Å². The molecule has 0 radical (unpaired) electrons. The van der Waals surface area contributed by atoms with Crippen LogP contribution < -0.4 is 11.1 Å². The van der Waals surface area contributed by atoms with E-state index in [1.807, 2.05) is 19.1 Å². The fourth-order valence-electron chi connectivity index (χ4n) is 1.77. The number of nitrogen functional groups attached to an aromatic ring is 1. The molecule has 7 heteroatoms. The van der Waals surface area contributed by atoms with E-state index in [0.29, 0.717) is 29.4 Å². The highest BCUT2D eigenvalue weighted by Crippen LogP contribution is 2.11. The summed E-state index contributed by atoms with van der Waals surface area (Å²) in [5, 5.41) is 6.92. The van der Waals surface area contributed by atoms with Gasteiger partial charge in [0.05, 0.1) is 5.69 Å². The van der Waals surface area contributed by atoms with Gasteiger partial charge in [0, 0.05) is 40.7 Å². The van der Waals surface area contributed by atoms with E-state index < -0.39 is 10.8 Å². The highest BCUT2D eigenvalue weighted by atomic mass is 32.2. The molecular weight excluding hydrogens is 288 g/mol. The maximum atomic E-state index is 11.9. The fourth-order valence-corrected chi connectivity index (χ4v) is 2.39. The van der Waals surface area contributed by atoms with Gasteiger partial charge in [0.25, 0.3) is 5.91 Å². The topological polar surface area (TPSA) is 90.0 Å². The highest BCUT2D eigenvalue weighted by Gasteiger charge is 2.10. The van der Waals surface area contributed by atoms with Crippen molar-refractivity contribution in [2.45, 2.75) is 6.92 Å². The van der Waals surface area contributed by atoms with Gasteiger partial charge in [0.15, 0.2) is 5.69 Å². The average Bonchev–Trinajstić information content (AvgIpc) is 2.97. The molecule has 0 aliphatic heterocycles. The van der Waals surface area contributed by atoms with Crippen molar-refractivity contribution in [2.24, 2.45) is 0 Å². The lowest BCUT2D eigenvalue weighted by Gasteiger charge is -2.03. The molecule has 6 nitrogen and oxygen atoms in total. The number of anilines is 1. The molecule has 1 aromatic carbocycles. The van der Waals surface area contributed by atoms with Gasteiger partial charge in [-0.15, -0.1) is 0 Å². The van der Waals surface area contributed by atoms with Gasteiger partial charge in [0.2, 0.25) is 0 Å². The molecule has 1 heterocycles. The van der Waals surface area contributed by atoms with Gasteiger partial charge >= 0.3 is 0 Å². The Morgan fingerprint density at radius 1 is 1.43 bits per heavy atom. The number of amides is 1. The summed E-state index contributed by atoms with van der Waals surface area (Å²) in [5.74, 6) is 0.781. The summed E-state index contributed by atoms with van der Waals surface area (Å²) in [6.07, 6.45) is 1.70. The number of carbonyl (C=O) groups excluding carboxylic acids is 1. The second kappa shape index (κ2) is 7.03. The van der Waals surface area contributed by atoms with Gasteiger partial charge in [0.1, 0.15) is 0 Å². The normalized spacial score (nSPS) is 12.0. The number of benzene rings is 1. The third kappa shape index (κ3) is 4.16. The first kappa shape index (κ1) is 15.2. The largest absolute Gasteiger partial charge is 0.399 e. The third-order valence-electron chi connectivity index (χ3n) is 2.89. The van der Waals surface area contributed by atoms with Crippen LogP contribution in [0.25, 0.3) is 5.69 Å². The lowest BCUT2D eigenvalue weighted by atomic mass is 10.3. The van der Waals surface area contributed by atoms with Crippen LogP contribution in [0.15, 0.2) is 36.5 Å². The van der Waals surface area contributed by atoms with Crippen molar-refractivity contribution in [2.75, 3.05) is 23.8 Å². The Kier molecular flexibility index (Phi) is 5.10. The first-order chi connectivity index (χ1) is 10.1. The molecule has 1 aromatic heterocycles. The van der Waals surface area contributed by atoms with Crippen LogP contribution in [0.1, 0.15) is 17.4 Å². The molecule has 2 rings (SSSR count). The van der Waals surface area contributed by atoms with E-state index in [1.54, 1.807) is 29.1 Å². The number of nitrogens with one attached hydrogen (secondary N) is 1. The summed E-state index contributed by atoms with van der Waals surface area (Å²) in [7, 11) is -0.881. The van der Waals surface area contributed by atoms with Crippen LogP contribution in [0.5, 0.6) is 0 Å². The highest BCUT2D eigenvalue weighted by molar-refractivity contribution is 7.84. The second-order valence-electron chi connectivity index (χ2n) is 4.43. The number of nitrogens with two attached hydrogens (primary N) is 1. The van der Waals surface area contributed by atoms with E-state index in [4.69, 9.17) is 5.73 Å². The Balaban J connectivity index is 1.99. The van der Waals surface area contributed by atoms with Crippen LogP contribution in [0.3, 0.4) is 0 Å². The van der Waals surface area contributed by atoms with Crippen molar-refractivity contribution in [3.05, 3.63) is 42.2 Å². The standard InChI is InChI=1S/C14H18N4O2S/c1-2-21(20)9-7-16-14(19)13-6-8-18(17-13)12-5-3-4-11(15)10-12/h3-6,8,10H,2,7,9,15H2,1H3,(H,16,19). The maximum absolute atomic E-state index is 11.9. The Morgan fingerprint density at radius 2 is 2.24 bits per heavy atom. The van der Waals surface area contributed by atoms with E-state index in [-0.39, 0.29) is 5.91 Å². The van der Waals surface area contributed by atoms with E-state index in [1.165, 1.54) is 0 Å². The zero-order valence-corrected chi connectivity index (χ0v) is 12.6. The third-order valence-corrected chi connectivity index (χ3v) is 4.20. The van der Waals surface area contributed by atoms with Gasteiger partial charge in [-0.3, -0.25) is 9.00 Å². The minimum Gasteiger partial charge on any atom is -0.399 e.